The fourth-order valence-electron chi connectivity index (χ4n) is 2.83. The molecule has 0 bridgehead atoms. The molecule has 2 rings (SSSR count). The van der Waals surface area contributed by atoms with Gasteiger partial charge in [-0.1, -0.05) is 25.1 Å². The van der Waals surface area contributed by atoms with Crippen LogP contribution in [0, 0.1) is 11.7 Å². The molecule has 1 aliphatic heterocycles. The summed E-state index contributed by atoms with van der Waals surface area (Å²) in [7, 11) is 0. The van der Waals surface area contributed by atoms with Crippen LogP contribution in [-0.4, -0.2) is 26.3 Å². The van der Waals surface area contributed by atoms with E-state index in [4.69, 9.17) is 4.74 Å². The van der Waals surface area contributed by atoms with Gasteiger partial charge in [0.1, 0.15) is 5.82 Å². The molecule has 106 valence electrons. The average Bonchev–Trinajstić information content (AvgIpc) is 2.45. The Bertz CT molecular complexity index is 377. The van der Waals surface area contributed by atoms with Gasteiger partial charge in [-0.15, -0.1) is 0 Å². The lowest BCUT2D eigenvalue weighted by Crippen LogP contribution is -2.26. The second-order valence-electron chi connectivity index (χ2n) is 5.32. The van der Waals surface area contributed by atoms with E-state index in [1.807, 2.05) is 12.1 Å². The van der Waals surface area contributed by atoms with Crippen LogP contribution in [0.4, 0.5) is 4.39 Å². The zero-order valence-electron chi connectivity index (χ0n) is 11.7. The molecule has 0 spiro atoms. The molecule has 0 saturated carbocycles. The average molecular weight is 265 g/mol. The third-order valence-corrected chi connectivity index (χ3v) is 3.94. The molecule has 3 heteroatoms. The molecule has 1 aromatic rings. The Morgan fingerprint density at radius 1 is 1.32 bits per heavy atom. The van der Waals surface area contributed by atoms with Crippen molar-refractivity contribution in [2.24, 2.45) is 5.92 Å². The molecule has 0 aliphatic carbocycles. The molecular weight excluding hydrogens is 241 g/mol. The molecule has 1 unspecified atom stereocenters. The van der Waals surface area contributed by atoms with Crippen LogP contribution in [0.1, 0.15) is 37.7 Å². The van der Waals surface area contributed by atoms with E-state index in [1.165, 1.54) is 0 Å². The first-order valence-corrected chi connectivity index (χ1v) is 7.34. The molecule has 0 radical (unpaired) electrons. The van der Waals surface area contributed by atoms with Crippen LogP contribution in [0.5, 0.6) is 0 Å². The molecule has 2 nitrogen and oxygen atoms in total. The number of likely N-dealkylation sites (N-methyl/N-ethyl adjacent to an activating group) is 1. The zero-order valence-corrected chi connectivity index (χ0v) is 11.7. The highest BCUT2D eigenvalue weighted by Gasteiger charge is 2.22. The van der Waals surface area contributed by atoms with Crippen molar-refractivity contribution in [3.63, 3.8) is 0 Å². The number of halogens is 1. The summed E-state index contributed by atoms with van der Waals surface area (Å²) < 4.78 is 19.4. The first-order chi connectivity index (χ1) is 9.31. The number of rotatable bonds is 6. The van der Waals surface area contributed by atoms with E-state index < -0.39 is 0 Å². The highest BCUT2D eigenvalue weighted by molar-refractivity contribution is 5.22. The van der Waals surface area contributed by atoms with Crippen LogP contribution >= 0.6 is 0 Å². The van der Waals surface area contributed by atoms with Crippen molar-refractivity contribution in [1.29, 1.82) is 0 Å². The summed E-state index contributed by atoms with van der Waals surface area (Å²) in [5, 5.41) is 3.37. The van der Waals surface area contributed by atoms with Gasteiger partial charge in [0.2, 0.25) is 0 Å². The van der Waals surface area contributed by atoms with Gasteiger partial charge in [-0.2, -0.15) is 0 Å². The van der Waals surface area contributed by atoms with Crippen LogP contribution in [0.3, 0.4) is 0 Å². The third-order valence-electron chi connectivity index (χ3n) is 3.94. The molecular formula is C16H24FNO. The summed E-state index contributed by atoms with van der Waals surface area (Å²) in [4.78, 5) is 0. The van der Waals surface area contributed by atoms with Gasteiger partial charge >= 0.3 is 0 Å². The van der Waals surface area contributed by atoms with E-state index in [-0.39, 0.29) is 11.7 Å². The van der Waals surface area contributed by atoms with E-state index in [0.29, 0.717) is 5.92 Å². The summed E-state index contributed by atoms with van der Waals surface area (Å²) >= 11 is 0. The third kappa shape index (κ3) is 4.29. The van der Waals surface area contributed by atoms with Crippen molar-refractivity contribution in [3.05, 3.63) is 35.6 Å². The van der Waals surface area contributed by atoms with Crippen molar-refractivity contribution in [2.75, 3.05) is 26.3 Å². The smallest absolute Gasteiger partial charge is 0.126 e. The maximum atomic E-state index is 14.0. The lowest BCUT2D eigenvalue weighted by atomic mass is 9.84. The van der Waals surface area contributed by atoms with Crippen molar-refractivity contribution < 1.29 is 9.13 Å². The Kier molecular flexibility index (Phi) is 5.80. The Labute approximate surface area is 115 Å². The summed E-state index contributed by atoms with van der Waals surface area (Å²) in [6, 6.07) is 7.19. The largest absolute Gasteiger partial charge is 0.381 e. The quantitative estimate of drug-likeness (QED) is 0.852. The van der Waals surface area contributed by atoms with Gasteiger partial charge in [0.15, 0.2) is 0 Å². The van der Waals surface area contributed by atoms with Crippen molar-refractivity contribution in [1.82, 2.24) is 5.32 Å². The van der Waals surface area contributed by atoms with Gasteiger partial charge < -0.3 is 10.1 Å². The van der Waals surface area contributed by atoms with Crippen molar-refractivity contribution in [3.8, 4) is 0 Å². The van der Waals surface area contributed by atoms with Gasteiger partial charge in [-0.3, -0.25) is 0 Å². The monoisotopic (exact) mass is 265 g/mol. The minimum absolute atomic E-state index is 0.0718. The van der Waals surface area contributed by atoms with Gasteiger partial charge in [0.05, 0.1) is 0 Å². The normalized spacial score (nSPS) is 18.4. The Hall–Kier alpha value is -0.930. The van der Waals surface area contributed by atoms with Crippen LogP contribution < -0.4 is 5.32 Å². The SMILES string of the molecule is CCNCC(CC1CCOCC1)c1ccccc1F. The number of benzene rings is 1. The minimum atomic E-state index is -0.0718. The van der Waals surface area contributed by atoms with E-state index in [2.05, 4.69) is 12.2 Å². The Balaban J connectivity index is 2.04. The molecule has 1 heterocycles. The molecule has 1 saturated heterocycles. The number of ether oxygens (including phenoxy) is 1. The second-order valence-corrected chi connectivity index (χ2v) is 5.32. The van der Waals surface area contributed by atoms with Crippen molar-refractivity contribution >= 4 is 0 Å². The maximum Gasteiger partial charge on any atom is 0.126 e. The topological polar surface area (TPSA) is 21.3 Å². The van der Waals surface area contributed by atoms with E-state index in [9.17, 15) is 4.39 Å². The van der Waals surface area contributed by atoms with E-state index in [0.717, 1.165) is 51.1 Å². The van der Waals surface area contributed by atoms with Gasteiger partial charge in [-0.05, 0) is 49.3 Å². The van der Waals surface area contributed by atoms with Crippen LogP contribution in [0.25, 0.3) is 0 Å². The number of hydrogen-bond acceptors (Lipinski definition) is 2. The van der Waals surface area contributed by atoms with Gasteiger partial charge in [0, 0.05) is 19.8 Å². The molecule has 1 fully saturated rings. The number of nitrogens with one attached hydrogen (secondary N) is 1. The van der Waals surface area contributed by atoms with E-state index in [1.54, 1.807) is 12.1 Å². The van der Waals surface area contributed by atoms with Crippen LogP contribution in [0.15, 0.2) is 24.3 Å². The zero-order chi connectivity index (χ0) is 13.5. The molecule has 0 aromatic heterocycles. The fraction of sp³-hybridized carbons (Fsp3) is 0.625. The Morgan fingerprint density at radius 3 is 2.74 bits per heavy atom. The van der Waals surface area contributed by atoms with Gasteiger partial charge in [0.25, 0.3) is 0 Å². The lowest BCUT2D eigenvalue weighted by molar-refractivity contribution is 0.0615. The number of hydrogen-bond donors (Lipinski definition) is 1. The van der Waals surface area contributed by atoms with Crippen molar-refractivity contribution in [2.45, 2.75) is 32.1 Å². The standard InChI is InChI=1S/C16H24FNO/c1-2-18-12-14(11-13-7-9-19-10-8-13)15-5-3-4-6-16(15)17/h3-6,13-14,18H,2,7-12H2,1H3. The molecule has 1 N–H and O–H groups in total. The minimum Gasteiger partial charge on any atom is -0.381 e. The molecule has 0 amide bonds. The van der Waals surface area contributed by atoms with Gasteiger partial charge in [-0.25, -0.2) is 4.39 Å². The van der Waals surface area contributed by atoms with Crippen LogP contribution in [-0.2, 0) is 4.74 Å². The van der Waals surface area contributed by atoms with Crippen LogP contribution in [0.2, 0.25) is 0 Å². The highest BCUT2D eigenvalue weighted by atomic mass is 19.1. The van der Waals surface area contributed by atoms with E-state index >= 15 is 0 Å². The summed E-state index contributed by atoms with van der Waals surface area (Å²) in [5.41, 5.74) is 0.856. The maximum absolute atomic E-state index is 14.0. The Morgan fingerprint density at radius 2 is 2.05 bits per heavy atom. The summed E-state index contributed by atoms with van der Waals surface area (Å²) in [6.45, 7) is 5.59. The first kappa shape index (κ1) is 14.5. The highest BCUT2D eigenvalue weighted by Crippen LogP contribution is 2.30. The lowest BCUT2D eigenvalue weighted by Gasteiger charge is -2.27. The summed E-state index contributed by atoms with van der Waals surface area (Å²) in [5.74, 6) is 0.860. The fourth-order valence-corrected chi connectivity index (χ4v) is 2.83. The molecule has 19 heavy (non-hydrogen) atoms. The molecule has 1 aliphatic rings. The predicted molar refractivity (Wildman–Crippen MR) is 75.8 cm³/mol. The second kappa shape index (κ2) is 7.61. The summed E-state index contributed by atoms with van der Waals surface area (Å²) in [6.07, 6.45) is 3.27. The first-order valence-electron chi connectivity index (χ1n) is 7.34. The molecule has 1 aromatic carbocycles. The molecule has 1 atom stereocenters. The predicted octanol–water partition coefficient (Wildman–Crippen LogP) is 3.34.